The Morgan fingerprint density at radius 1 is 1.29 bits per heavy atom. The van der Waals surface area contributed by atoms with Gasteiger partial charge in [0.2, 0.25) is 5.91 Å². The molecule has 14 heavy (non-hydrogen) atoms. The summed E-state index contributed by atoms with van der Waals surface area (Å²) < 4.78 is 4.91. The van der Waals surface area contributed by atoms with E-state index in [0.717, 1.165) is 0 Å². The molecule has 0 spiro atoms. The molecule has 1 aliphatic rings. The van der Waals surface area contributed by atoms with E-state index in [1.165, 1.54) is 13.8 Å². The van der Waals surface area contributed by atoms with E-state index >= 15 is 0 Å². The van der Waals surface area contributed by atoms with Crippen molar-refractivity contribution in [3.63, 3.8) is 0 Å². The lowest BCUT2D eigenvalue weighted by Gasteiger charge is -2.39. The van der Waals surface area contributed by atoms with Crippen LogP contribution in [0.4, 0.5) is 0 Å². The molecule has 82 valence electrons. The second-order valence-electron chi connectivity index (χ2n) is 3.44. The van der Waals surface area contributed by atoms with E-state index in [9.17, 15) is 20.1 Å². The molecule has 6 heteroatoms. The van der Waals surface area contributed by atoms with Gasteiger partial charge in [-0.25, -0.2) is 0 Å². The highest BCUT2D eigenvalue weighted by molar-refractivity contribution is 5.73. The molecular formula is C8H15NO5. The summed E-state index contributed by atoms with van der Waals surface area (Å²) in [5.41, 5.74) is 0. The van der Waals surface area contributed by atoms with Crippen LogP contribution < -0.4 is 5.32 Å². The van der Waals surface area contributed by atoms with Crippen LogP contribution in [-0.2, 0) is 9.53 Å². The number of ether oxygens (including phenoxy) is 1. The first-order valence-electron chi connectivity index (χ1n) is 4.40. The zero-order valence-electron chi connectivity index (χ0n) is 8.04. The monoisotopic (exact) mass is 205 g/mol. The largest absolute Gasteiger partial charge is 0.388 e. The van der Waals surface area contributed by atoms with Crippen LogP contribution in [0.5, 0.6) is 0 Å². The van der Waals surface area contributed by atoms with E-state index in [4.69, 9.17) is 4.74 Å². The molecule has 0 aromatic rings. The van der Waals surface area contributed by atoms with Crippen molar-refractivity contribution < 1.29 is 24.9 Å². The fraction of sp³-hybridized carbons (Fsp3) is 0.875. The van der Waals surface area contributed by atoms with Gasteiger partial charge in [-0.2, -0.15) is 0 Å². The van der Waals surface area contributed by atoms with Crippen LogP contribution in [0.1, 0.15) is 13.8 Å². The summed E-state index contributed by atoms with van der Waals surface area (Å²) >= 11 is 0. The molecule has 1 unspecified atom stereocenters. The standard InChI is InChI=1S/C8H15NO5/c1-3-6(11)7(12)5(8(13)14-3)9-4(2)10/h3,5-8,11-13H,1-2H3,(H,9,10)/t3-,5-,6+,7+,8?/m1/s1. The van der Waals surface area contributed by atoms with Crippen LogP contribution in [0.3, 0.4) is 0 Å². The first-order chi connectivity index (χ1) is 6.43. The predicted octanol–water partition coefficient (Wildman–Crippen LogP) is -2.05. The SMILES string of the molecule is CC(=O)N[C@H]1C(O)O[C@H](C)[C@H](O)[C@H]1O. The third-order valence-electron chi connectivity index (χ3n) is 2.23. The molecule has 0 radical (unpaired) electrons. The molecule has 5 atom stereocenters. The molecule has 0 aromatic carbocycles. The van der Waals surface area contributed by atoms with Gasteiger partial charge in [-0.05, 0) is 6.92 Å². The zero-order valence-corrected chi connectivity index (χ0v) is 8.04. The van der Waals surface area contributed by atoms with Crippen molar-refractivity contribution in [2.45, 2.75) is 44.5 Å². The highest BCUT2D eigenvalue weighted by Gasteiger charge is 2.42. The van der Waals surface area contributed by atoms with Crippen molar-refractivity contribution in [3.8, 4) is 0 Å². The summed E-state index contributed by atoms with van der Waals surface area (Å²) in [6, 6.07) is -0.987. The lowest BCUT2D eigenvalue weighted by molar-refractivity contribution is -0.242. The van der Waals surface area contributed by atoms with Gasteiger partial charge < -0.3 is 25.4 Å². The molecule has 1 aliphatic heterocycles. The Hall–Kier alpha value is -0.690. The highest BCUT2D eigenvalue weighted by Crippen LogP contribution is 2.19. The first kappa shape index (κ1) is 11.4. The molecule has 1 amide bonds. The van der Waals surface area contributed by atoms with Crippen LogP contribution in [0.2, 0.25) is 0 Å². The summed E-state index contributed by atoms with van der Waals surface area (Å²) in [6.07, 6.45) is -4.30. The van der Waals surface area contributed by atoms with Gasteiger partial charge in [0.05, 0.1) is 6.10 Å². The maximum atomic E-state index is 10.7. The summed E-state index contributed by atoms with van der Waals surface area (Å²) in [5, 5.41) is 30.6. The third-order valence-corrected chi connectivity index (χ3v) is 2.23. The normalized spacial score (nSPS) is 43.4. The minimum atomic E-state index is -1.30. The van der Waals surface area contributed by atoms with Crippen LogP contribution in [-0.4, -0.2) is 51.9 Å². The van der Waals surface area contributed by atoms with Gasteiger partial charge in [-0.3, -0.25) is 4.79 Å². The summed E-state index contributed by atoms with van der Waals surface area (Å²) in [6.45, 7) is 2.78. The molecule has 1 heterocycles. The van der Waals surface area contributed by atoms with Crippen molar-refractivity contribution in [1.82, 2.24) is 5.32 Å². The van der Waals surface area contributed by atoms with Crippen molar-refractivity contribution in [1.29, 1.82) is 0 Å². The van der Waals surface area contributed by atoms with Gasteiger partial charge in [0, 0.05) is 6.92 Å². The molecule has 4 N–H and O–H groups in total. The quantitative estimate of drug-likeness (QED) is 0.395. The second-order valence-corrected chi connectivity index (χ2v) is 3.44. The Bertz CT molecular complexity index is 222. The minimum absolute atomic E-state index is 0.404. The molecule has 0 saturated carbocycles. The van der Waals surface area contributed by atoms with Crippen LogP contribution in [0.15, 0.2) is 0 Å². The van der Waals surface area contributed by atoms with Gasteiger partial charge in [-0.15, -0.1) is 0 Å². The molecule has 1 saturated heterocycles. The van der Waals surface area contributed by atoms with E-state index in [1.54, 1.807) is 0 Å². The summed E-state index contributed by atoms with van der Waals surface area (Å²) in [5.74, 6) is -0.404. The lowest BCUT2D eigenvalue weighted by Crippen LogP contribution is -2.62. The van der Waals surface area contributed by atoms with E-state index in [1.807, 2.05) is 0 Å². The zero-order chi connectivity index (χ0) is 10.9. The number of nitrogens with one attached hydrogen (secondary N) is 1. The number of hydrogen-bond acceptors (Lipinski definition) is 5. The lowest BCUT2D eigenvalue weighted by atomic mass is 9.98. The van der Waals surface area contributed by atoms with Crippen LogP contribution in [0, 0.1) is 0 Å². The van der Waals surface area contributed by atoms with Gasteiger partial charge in [0.15, 0.2) is 6.29 Å². The van der Waals surface area contributed by atoms with E-state index in [-0.39, 0.29) is 0 Å². The van der Waals surface area contributed by atoms with Gasteiger partial charge in [0.1, 0.15) is 18.2 Å². The van der Waals surface area contributed by atoms with E-state index < -0.39 is 36.6 Å². The van der Waals surface area contributed by atoms with Crippen molar-refractivity contribution in [2.24, 2.45) is 0 Å². The summed E-state index contributed by atoms with van der Waals surface area (Å²) in [4.78, 5) is 10.7. The van der Waals surface area contributed by atoms with Crippen LogP contribution in [0.25, 0.3) is 0 Å². The average Bonchev–Trinajstić information content (AvgIpc) is 2.09. The maximum absolute atomic E-state index is 10.7. The molecule has 6 nitrogen and oxygen atoms in total. The fourth-order valence-corrected chi connectivity index (χ4v) is 1.44. The molecular weight excluding hydrogens is 190 g/mol. The number of carbonyl (C=O) groups excluding carboxylic acids is 1. The smallest absolute Gasteiger partial charge is 0.217 e. The topological polar surface area (TPSA) is 99.0 Å². The van der Waals surface area contributed by atoms with E-state index in [0.29, 0.717) is 0 Å². The van der Waals surface area contributed by atoms with Crippen LogP contribution >= 0.6 is 0 Å². The predicted molar refractivity (Wildman–Crippen MR) is 46.2 cm³/mol. The third kappa shape index (κ3) is 2.21. The van der Waals surface area contributed by atoms with E-state index in [2.05, 4.69) is 5.32 Å². The number of rotatable bonds is 1. The van der Waals surface area contributed by atoms with Gasteiger partial charge in [0.25, 0.3) is 0 Å². The number of carbonyl (C=O) groups is 1. The molecule has 1 fully saturated rings. The number of aliphatic hydroxyl groups is 3. The van der Waals surface area contributed by atoms with Gasteiger partial charge in [-0.1, -0.05) is 0 Å². The Kier molecular flexibility index (Phi) is 3.43. The number of amides is 1. The minimum Gasteiger partial charge on any atom is -0.388 e. The molecule has 0 aromatic heterocycles. The van der Waals surface area contributed by atoms with Crippen molar-refractivity contribution >= 4 is 5.91 Å². The fourth-order valence-electron chi connectivity index (χ4n) is 1.44. The summed E-state index contributed by atoms with van der Waals surface area (Å²) in [7, 11) is 0. The van der Waals surface area contributed by atoms with Crippen molar-refractivity contribution in [3.05, 3.63) is 0 Å². The first-order valence-corrected chi connectivity index (χ1v) is 4.40. The average molecular weight is 205 g/mol. The highest BCUT2D eigenvalue weighted by atomic mass is 16.6. The Morgan fingerprint density at radius 3 is 2.36 bits per heavy atom. The molecule has 1 rings (SSSR count). The van der Waals surface area contributed by atoms with Crippen molar-refractivity contribution in [2.75, 3.05) is 0 Å². The Labute approximate surface area is 81.5 Å². The second kappa shape index (κ2) is 4.22. The molecule has 0 bridgehead atoms. The number of hydrogen-bond donors (Lipinski definition) is 4. The maximum Gasteiger partial charge on any atom is 0.217 e. The molecule has 0 aliphatic carbocycles. The Balaban J connectivity index is 2.68. The Morgan fingerprint density at radius 2 is 1.86 bits per heavy atom. The van der Waals surface area contributed by atoms with Gasteiger partial charge >= 0.3 is 0 Å². The number of aliphatic hydroxyl groups excluding tert-OH is 3.